The molecule has 3 nitrogen and oxygen atoms in total. The van der Waals surface area contributed by atoms with E-state index in [1.165, 1.54) is 0 Å². The predicted octanol–water partition coefficient (Wildman–Crippen LogP) is 2.70. The summed E-state index contributed by atoms with van der Waals surface area (Å²) in [5.41, 5.74) is 2.12. The normalized spacial score (nSPS) is 22.2. The minimum atomic E-state index is -0.181. The van der Waals surface area contributed by atoms with Gasteiger partial charge in [-0.2, -0.15) is 0 Å². The van der Waals surface area contributed by atoms with E-state index in [-0.39, 0.29) is 11.5 Å². The first kappa shape index (κ1) is 12.7. The Balaban J connectivity index is 2.12. The molecule has 94 valence electrons. The average Bonchev–Trinajstić information content (AvgIpc) is 2.39. The van der Waals surface area contributed by atoms with Crippen LogP contribution >= 0.6 is 11.6 Å². The van der Waals surface area contributed by atoms with Crippen LogP contribution in [0.2, 0.25) is 0 Å². The zero-order chi connectivity index (χ0) is 12.3. The van der Waals surface area contributed by atoms with Crippen LogP contribution in [0.3, 0.4) is 0 Å². The molecule has 2 unspecified atom stereocenters. The maximum absolute atomic E-state index is 6.41. The summed E-state index contributed by atoms with van der Waals surface area (Å²) in [6.45, 7) is 3.83. The lowest BCUT2D eigenvalue weighted by molar-refractivity contribution is -0.0892. The number of halogens is 1. The van der Waals surface area contributed by atoms with Crippen molar-refractivity contribution in [1.82, 2.24) is 0 Å². The summed E-state index contributed by atoms with van der Waals surface area (Å²) in [6, 6.07) is 5.94. The summed E-state index contributed by atoms with van der Waals surface area (Å²) in [7, 11) is 1.66. The zero-order valence-electron chi connectivity index (χ0n) is 10.1. The molecule has 4 heteroatoms. The largest absolute Gasteiger partial charge is 0.496 e. The van der Waals surface area contributed by atoms with Gasteiger partial charge < -0.3 is 14.2 Å². The fourth-order valence-corrected chi connectivity index (χ4v) is 2.24. The van der Waals surface area contributed by atoms with Gasteiger partial charge in [-0.1, -0.05) is 12.1 Å². The van der Waals surface area contributed by atoms with Gasteiger partial charge >= 0.3 is 0 Å². The fraction of sp³-hybridized carbons (Fsp3) is 0.538. The second-order valence-electron chi connectivity index (χ2n) is 4.11. The van der Waals surface area contributed by atoms with Crippen LogP contribution in [-0.2, 0) is 9.47 Å². The second-order valence-corrected chi connectivity index (χ2v) is 4.59. The van der Waals surface area contributed by atoms with Crippen LogP contribution in [0.5, 0.6) is 5.75 Å². The lowest BCUT2D eigenvalue weighted by Crippen LogP contribution is -2.31. The van der Waals surface area contributed by atoms with Crippen molar-refractivity contribution >= 4 is 11.6 Å². The summed E-state index contributed by atoms with van der Waals surface area (Å²) in [5, 5.41) is -0.181. The van der Waals surface area contributed by atoms with Gasteiger partial charge in [0, 0.05) is 0 Å². The molecule has 1 aliphatic heterocycles. The van der Waals surface area contributed by atoms with Crippen molar-refractivity contribution in [2.75, 3.05) is 26.9 Å². The first-order chi connectivity index (χ1) is 8.22. The lowest BCUT2D eigenvalue weighted by atomic mass is 10.0. The Morgan fingerprint density at radius 3 is 2.82 bits per heavy atom. The lowest BCUT2D eigenvalue weighted by Gasteiger charge is -2.27. The number of rotatable bonds is 3. The number of alkyl halides is 1. The molecule has 1 saturated heterocycles. The standard InChI is InChI=1S/C13H17ClO3/c1-9-7-10(3-4-11(9)15-2)13(14)12-8-16-5-6-17-12/h3-4,7,12-13H,5-6,8H2,1-2H3. The maximum Gasteiger partial charge on any atom is 0.121 e. The third-order valence-corrected chi connectivity index (χ3v) is 3.44. The van der Waals surface area contributed by atoms with Gasteiger partial charge in [0.05, 0.1) is 32.3 Å². The number of hydrogen-bond acceptors (Lipinski definition) is 3. The van der Waals surface area contributed by atoms with Gasteiger partial charge in [0.2, 0.25) is 0 Å². The van der Waals surface area contributed by atoms with Crippen molar-refractivity contribution in [3.8, 4) is 5.75 Å². The predicted molar refractivity (Wildman–Crippen MR) is 66.9 cm³/mol. The number of aryl methyl sites for hydroxylation is 1. The Bertz CT molecular complexity index is 375. The molecule has 0 aliphatic carbocycles. The van der Waals surface area contributed by atoms with Gasteiger partial charge in [-0.25, -0.2) is 0 Å². The van der Waals surface area contributed by atoms with Crippen molar-refractivity contribution in [3.05, 3.63) is 29.3 Å². The number of ether oxygens (including phenoxy) is 3. The highest BCUT2D eigenvalue weighted by molar-refractivity contribution is 6.21. The van der Waals surface area contributed by atoms with Crippen LogP contribution in [0.25, 0.3) is 0 Å². The Labute approximate surface area is 107 Å². The van der Waals surface area contributed by atoms with Crippen LogP contribution in [0, 0.1) is 6.92 Å². The van der Waals surface area contributed by atoms with Crippen molar-refractivity contribution in [2.24, 2.45) is 0 Å². The van der Waals surface area contributed by atoms with E-state index in [4.69, 9.17) is 25.8 Å². The van der Waals surface area contributed by atoms with Crippen LogP contribution in [0.4, 0.5) is 0 Å². The van der Waals surface area contributed by atoms with Crippen LogP contribution in [0.15, 0.2) is 18.2 Å². The first-order valence-corrected chi connectivity index (χ1v) is 6.14. The molecule has 1 aliphatic rings. The second kappa shape index (κ2) is 5.71. The van der Waals surface area contributed by atoms with Crippen molar-refractivity contribution in [3.63, 3.8) is 0 Å². The molecule has 0 aromatic heterocycles. The Morgan fingerprint density at radius 1 is 1.41 bits per heavy atom. The van der Waals surface area contributed by atoms with Gasteiger partial charge in [0.15, 0.2) is 0 Å². The molecule has 0 radical (unpaired) electrons. The summed E-state index contributed by atoms with van der Waals surface area (Å²) in [6.07, 6.45) is -0.0711. The molecule has 2 rings (SSSR count). The minimum Gasteiger partial charge on any atom is -0.496 e. The van der Waals surface area contributed by atoms with E-state index in [0.717, 1.165) is 16.9 Å². The van der Waals surface area contributed by atoms with Crippen LogP contribution in [-0.4, -0.2) is 33.0 Å². The molecule has 17 heavy (non-hydrogen) atoms. The van der Waals surface area contributed by atoms with Gasteiger partial charge in [-0.3, -0.25) is 0 Å². The van der Waals surface area contributed by atoms with E-state index in [1.807, 2.05) is 25.1 Å². The molecule has 0 N–H and O–H groups in total. The monoisotopic (exact) mass is 256 g/mol. The fourth-order valence-electron chi connectivity index (χ4n) is 1.96. The third-order valence-electron chi connectivity index (χ3n) is 2.91. The number of benzene rings is 1. The summed E-state index contributed by atoms with van der Waals surface area (Å²) in [4.78, 5) is 0. The van der Waals surface area contributed by atoms with Crippen molar-refractivity contribution in [1.29, 1.82) is 0 Å². The third kappa shape index (κ3) is 2.92. The van der Waals surface area contributed by atoms with Gasteiger partial charge in [-0.15, -0.1) is 11.6 Å². The smallest absolute Gasteiger partial charge is 0.121 e. The molecule has 0 bridgehead atoms. The first-order valence-electron chi connectivity index (χ1n) is 5.70. The molecule has 0 amide bonds. The number of methoxy groups -OCH3 is 1. The Morgan fingerprint density at radius 2 is 2.24 bits per heavy atom. The molecule has 0 saturated carbocycles. The zero-order valence-corrected chi connectivity index (χ0v) is 10.9. The SMILES string of the molecule is COc1ccc(C(Cl)C2COCCO2)cc1C. The topological polar surface area (TPSA) is 27.7 Å². The summed E-state index contributed by atoms with van der Waals surface area (Å²) in [5.74, 6) is 0.874. The van der Waals surface area contributed by atoms with Crippen molar-refractivity contribution in [2.45, 2.75) is 18.4 Å². The molecule has 1 heterocycles. The van der Waals surface area contributed by atoms with Crippen molar-refractivity contribution < 1.29 is 14.2 Å². The molecular formula is C13H17ClO3. The molecule has 1 aromatic carbocycles. The van der Waals surface area contributed by atoms with Gasteiger partial charge in [0.25, 0.3) is 0 Å². The van der Waals surface area contributed by atoms with E-state index in [9.17, 15) is 0 Å². The minimum absolute atomic E-state index is 0.0711. The summed E-state index contributed by atoms with van der Waals surface area (Å²) < 4.78 is 16.2. The number of hydrogen-bond donors (Lipinski definition) is 0. The highest BCUT2D eigenvalue weighted by atomic mass is 35.5. The van der Waals surface area contributed by atoms with E-state index < -0.39 is 0 Å². The highest BCUT2D eigenvalue weighted by Gasteiger charge is 2.25. The Kier molecular flexibility index (Phi) is 4.26. The van der Waals surface area contributed by atoms with Gasteiger partial charge in [0.1, 0.15) is 11.9 Å². The van der Waals surface area contributed by atoms with Gasteiger partial charge in [-0.05, 0) is 24.1 Å². The average molecular weight is 257 g/mol. The van der Waals surface area contributed by atoms with Crippen LogP contribution < -0.4 is 4.74 Å². The van der Waals surface area contributed by atoms with E-state index in [0.29, 0.717) is 19.8 Å². The quantitative estimate of drug-likeness (QED) is 0.779. The molecule has 1 aromatic rings. The molecular weight excluding hydrogens is 240 g/mol. The highest BCUT2D eigenvalue weighted by Crippen LogP contribution is 2.31. The van der Waals surface area contributed by atoms with E-state index in [1.54, 1.807) is 7.11 Å². The van der Waals surface area contributed by atoms with Crippen LogP contribution in [0.1, 0.15) is 16.5 Å². The summed E-state index contributed by atoms with van der Waals surface area (Å²) >= 11 is 6.41. The van der Waals surface area contributed by atoms with E-state index in [2.05, 4.69) is 0 Å². The van der Waals surface area contributed by atoms with E-state index >= 15 is 0 Å². The Hall–Kier alpha value is -0.770. The molecule has 1 fully saturated rings. The molecule has 2 atom stereocenters. The molecule has 0 spiro atoms. The maximum atomic E-state index is 6.41.